The van der Waals surface area contributed by atoms with E-state index in [-0.39, 0.29) is 0 Å². The largest absolute Gasteiger partial charge is 0.388 e. The number of anilines is 1. The third-order valence-corrected chi connectivity index (χ3v) is 4.79. The maximum absolute atomic E-state index is 9.94. The first-order valence-electron chi connectivity index (χ1n) is 8.05. The van der Waals surface area contributed by atoms with E-state index in [1.165, 1.54) is 25.7 Å². The zero-order chi connectivity index (χ0) is 15.6. The van der Waals surface area contributed by atoms with Crippen molar-refractivity contribution < 1.29 is 5.11 Å². The van der Waals surface area contributed by atoms with Crippen molar-refractivity contribution in [2.75, 3.05) is 5.32 Å². The molecule has 0 spiro atoms. The van der Waals surface area contributed by atoms with Crippen LogP contribution in [0.4, 0.5) is 5.82 Å². The van der Waals surface area contributed by atoms with Crippen LogP contribution in [0.1, 0.15) is 70.7 Å². The molecule has 1 fully saturated rings. The Labute approximate surface area is 128 Å². The van der Waals surface area contributed by atoms with Crippen molar-refractivity contribution in [1.29, 1.82) is 0 Å². The molecule has 0 aliphatic heterocycles. The Hall–Kier alpha value is -1.16. The number of nitrogens with zero attached hydrogens (tertiary/aromatic N) is 2. The smallest absolute Gasteiger partial charge is 0.135 e. The number of aromatic nitrogens is 2. The van der Waals surface area contributed by atoms with Gasteiger partial charge in [-0.2, -0.15) is 0 Å². The summed E-state index contributed by atoms with van der Waals surface area (Å²) < 4.78 is 0. The summed E-state index contributed by atoms with van der Waals surface area (Å²) in [5.41, 5.74) is 2.09. The minimum Gasteiger partial charge on any atom is -0.388 e. The molecule has 0 radical (unpaired) electrons. The normalized spacial score (nSPS) is 24.7. The average molecular weight is 291 g/mol. The number of hydrogen-bond acceptors (Lipinski definition) is 4. The van der Waals surface area contributed by atoms with E-state index < -0.39 is 6.10 Å². The quantitative estimate of drug-likeness (QED) is 0.888. The molecule has 1 aliphatic carbocycles. The average Bonchev–Trinajstić information content (AvgIpc) is 2.38. The molecule has 21 heavy (non-hydrogen) atoms. The standard InChI is InChI=1S/C17H29N3O/c1-11-15(12(2)21)16(19-10-18-11)20-14-8-6-13(7-9-14)17(3,4)5/h10,12-14,21H,6-9H2,1-5H3,(H,18,19,20). The Kier molecular flexibility index (Phi) is 4.87. The summed E-state index contributed by atoms with van der Waals surface area (Å²) in [6, 6.07) is 0.454. The van der Waals surface area contributed by atoms with Gasteiger partial charge < -0.3 is 10.4 Å². The van der Waals surface area contributed by atoms with Crippen molar-refractivity contribution >= 4 is 5.82 Å². The highest BCUT2D eigenvalue weighted by Crippen LogP contribution is 2.38. The van der Waals surface area contributed by atoms with Crippen molar-refractivity contribution in [3.05, 3.63) is 17.6 Å². The van der Waals surface area contributed by atoms with Crippen molar-refractivity contribution in [3.8, 4) is 0 Å². The van der Waals surface area contributed by atoms with Crippen molar-refractivity contribution in [1.82, 2.24) is 9.97 Å². The summed E-state index contributed by atoms with van der Waals surface area (Å²) in [5.74, 6) is 1.61. The number of aliphatic hydroxyl groups excluding tert-OH is 1. The molecule has 0 amide bonds. The molecule has 2 rings (SSSR count). The van der Waals surface area contributed by atoms with Crippen LogP contribution < -0.4 is 5.32 Å². The van der Waals surface area contributed by atoms with E-state index in [0.717, 1.165) is 23.0 Å². The van der Waals surface area contributed by atoms with Gasteiger partial charge in [-0.05, 0) is 50.9 Å². The molecule has 1 atom stereocenters. The third-order valence-electron chi connectivity index (χ3n) is 4.79. The molecule has 1 aromatic heterocycles. The van der Waals surface area contributed by atoms with Gasteiger partial charge in [0.1, 0.15) is 12.1 Å². The van der Waals surface area contributed by atoms with Crippen LogP contribution in [-0.2, 0) is 0 Å². The number of nitrogens with one attached hydrogen (secondary N) is 1. The third kappa shape index (κ3) is 3.94. The lowest BCUT2D eigenvalue weighted by molar-refractivity contribution is 0.173. The first-order chi connectivity index (χ1) is 9.79. The van der Waals surface area contributed by atoms with Gasteiger partial charge in [0.15, 0.2) is 0 Å². The van der Waals surface area contributed by atoms with Crippen LogP contribution >= 0.6 is 0 Å². The van der Waals surface area contributed by atoms with E-state index in [9.17, 15) is 5.11 Å². The summed E-state index contributed by atoms with van der Waals surface area (Å²) in [4.78, 5) is 8.53. The number of aryl methyl sites for hydroxylation is 1. The van der Waals surface area contributed by atoms with Crippen LogP contribution in [-0.4, -0.2) is 21.1 Å². The molecular weight excluding hydrogens is 262 g/mol. The molecule has 0 bridgehead atoms. The van der Waals surface area contributed by atoms with E-state index >= 15 is 0 Å². The topological polar surface area (TPSA) is 58.0 Å². The molecule has 2 N–H and O–H groups in total. The maximum Gasteiger partial charge on any atom is 0.135 e. The fourth-order valence-electron chi connectivity index (χ4n) is 3.40. The Morgan fingerprint density at radius 2 is 1.81 bits per heavy atom. The summed E-state index contributed by atoms with van der Waals surface area (Å²) in [7, 11) is 0. The van der Waals surface area contributed by atoms with Crippen LogP contribution in [0.2, 0.25) is 0 Å². The highest BCUT2D eigenvalue weighted by Gasteiger charge is 2.30. The monoisotopic (exact) mass is 291 g/mol. The molecule has 1 saturated carbocycles. The van der Waals surface area contributed by atoms with Gasteiger partial charge in [0.2, 0.25) is 0 Å². The second-order valence-electron chi connectivity index (χ2n) is 7.46. The van der Waals surface area contributed by atoms with Crippen LogP contribution in [0.5, 0.6) is 0 Å². The van der Waals surface area contributed by atoms with E-state index in [1.54, 1.807) is 13.3 Å². The van der Waals surface area contributed by atoms with Crippen LogP contribution in [0, 0.1) is 18.3 Å². The summed E-state index contributed by atoms with van der Waals surface area (Å²) in [6.45, 7) is 10.7. The lowest BCUT2D eigenvalue weighted by Gasteiger charge is -2.37. The first-order valence-corrected chi connectivity index (χ1v) is 8.05. The predicted molar refractivity (Wildman–Crippen MR) is 86.2 cm³/mol. The molecule has 4 heteroatoms. The molecule has 1 heterocycles. The second-order valence-corrected chi connectivity index (χ2v) is 7.46. The Morgan fingerprint density at radius 3 is 2.33 bits per heavy atom. The zero-order valence-electron chi connectivity index (χ0n) is 14.0. The van der Waals surface area contributed by atoms with E-state index in [4.69, 9.17) is 0 Å². The van der Waals surface area contributed by atoms with E-state index in [1.807, 2.05) is 6.92 Å². The van der Waals surface area contributed by atoms with Crippen LogP contribution in [0.25, 0.3) is 0 Å². The summed E-state index contributed by atoms with van der Waals surface area (Å²) in [5, 5.41) is 13.5. The highest BCUT2D eigenvalue weighted by molar-refractivity contribution is 5.47. The lowest BCUT2D eigenvalue weighted by Crippen LogP contribution is -2.32. The summed E-state index contributed by atoms with van der Waals surface area (Å²) in [6.07, 6.45) is 5.89. The lowest BCUT2D eigenvalue weighted by atomic mass is 9.71. The van der Waals surface area contributed by atoms with Gasteiger partial charge in [0.05, 0.1) is 6.10 Å². The SMILES string of the molecule is Cc1ncnc(NC2CCC(C(C)(C)C)CC2)c1C(C)O. The molecule has 1 aliphatic rings. The Bertz CT molecular complexity index is 471. The zero-order valence-corrected chi connectivity index (χ0v) is 14.0. The van der Waals surface area contributed by atoms with Gasteiger partial charge >= 0.3 is 0 Å². The van der Waals surface area contributed by atoms with Gasteiger partial charge in [0.25, 0.3) is 0 Å². The highest BCUT2D eigenvalue weighted by atomic mass is 16.3. The van der Waals surface area contributed by atoms with E-state index in [2.05, 4.69) is 36.1 Å². The molecule has 118 valence electrons. The fourth-order valence-corrected chi connectivity index (χ4v) is 3.40. The van der Waals surface area contributed by atoms with Crippen LogP contribution in [0.3, 0.4) is 0 Å². The Morgan fingerprint density at radius 1 is 1.19 bits per heavy atom. The molecular formula is C17H29N3O. The minimum atomic E-state index is -0.542. The van der Waals surface area contributed by atoms with Gasteiger partial charge in [-0.15, -0.1) is 0 Å². The molecule has 1 aromatic rings. The molecule has 0 aromatic carbocycles. The van der Waals surface area contributed by atoms with E-state index in [0.29, 0.717) is 11.5 Å². The number of hydrogen-bond donors (Lipinski definition) is 2. The van der Waals surface area contributed by atoms with Gasteiger partial charge in [0, 0.05) is 17.3 Å². The summed E-state index contributed by atoms with van der Waals surface area (Å²) >= 11 is 0. The van der Waals surface area contributed by atoms with Crippen molar-refractivity contribution in [2.45, 2.75) is 72.4 Å². The van der Waals surface area contributed by atoms with Gasteiger partial charge in [-0.25, -0.2) is 9.97 Å². The van der Waals surface area contributed by atoms with Gasteiger partial charge in [-0.1, -0.05) is 20.8 Å². The molecule has 1 unspecified atom stereocenters. The Balaban J connectivity index is 2.03. The second kappa shape index (κ2) is 6.30. The maximum atomic E-state index is 9.94. The molecule has 0 saturated heterocycles. The predicted octanol–water partition coefficient (Wildman–Crippen LogP) is 3.86. The van der Waals surface area contributed by atoms with Crippen LogP contribution in [0.15, 0.2) is 6.33 Å². The number of aliphatic hydroxyl groups is 1. The minimum absolute atomic E-state index is 0.404. The van der Waals surface area contributed by atoms with Gasteiger partial charge in [-0.3, -0.25) is 0 Å². The fraction of sp³-hybridized carbons (Fsp3) is 0.765. The first kappa shape index (κ1) is 16.2. The van der Waals surface area contributed by atoms with Crippen molar-refractivity contribution in [2.24, 2.45) is 11.3 Å². The number of rotatable bonds is 3. The van der Waals surface area contributed by atoms with Crippen molar-refractivity contribution in [3.63, 3.8) is 0 Å². The molecule has 4 nitrogen and oxygen atoms in total.